The second-order valence-electron chi connectivity index (χ2n) is 9.19. The number of ether oxygens (including phenoxy) is 2. The maximum Gasteiger partial charge on any atom is 0.261 e. The summed E-state index contributed by atoms with van der Waals surface area (Å²) in [5.41, 5.74) is 1.11. The van der Waals surface area contributed by atoms with Crippen LogP contribution in [0.4, 0.5) is 0 Å². The third-order valence-electron chi connectivity index (χ3n) is 7.26. The van der Waals surface area contributed by atoms with Crippen molar-refractivity contribution in [1.82, 2.24) is 5.32 Å². The molecule has 4 fully saturated rings. The summed E-state index contributed by atoms with van der Waals surface area (Å²) >= 11 is 0. The lowest BCUT2D eigenvalue weighted by molar-refractivity contribution is -0.130. The van der Waals surface area contributed by atoms with Crippen LogP contribution in [0.1, 0.15) is 51.0 Å². The molecule has 0 aromatic heterocycles. The molecule has 158 valence electrons. The minimum absolute atomic E-state index is 0.0690. The topological polar surface area (TPSA) is 69.2 Å². The molecule has 1 aromatic carbocycles. The highest BCUT2D eigenvalue weighted by molar-refractivity contribution is 5.81. The summed E-state index contributed by atoms with van der Waals surface area (Å²) in [6.45, 7) is 2.11. The maximum absolute atomic E-state index is 12.4. The summed E-state index contributed by atoms with van der Waals surface area (Å²) in [5.74, 6) is 3.81. The molecule has 0 radical (unpaired) electrons. The summed E-state index contributed by atoms with van der Waals surface area (Å²) in [6.07, 6.45) is 9.63. The second kappa shape index (κ2) is 8.25. The van der Waals surface area contributed by atoms with Crippen LogP contribution in [-0.4, -0.2) is 39.0 Å². The Hall–Kier alpha value is -2.24. The predicted octanol–water partition coefficient (Wildman–Crippen LogP) is 3.78. The van der Waals surface area contributed by atoms with Crippen LogP contribution in [0.3, 0.4) is 0 Å². The molecular weight excluding hydrogens is 368 g/mol. The third kappa shape index (κ3) is 4.21. The van der Waals surface area contributed by atoms with Crippen molar-refractivity contribution in [1.29, 1.82) is 0 Å². The molecule has 5 rings (SSSR count). The predicted molar refractivity (Wildman–Crippen MR) is 111 cm³/mol. The molecule has 1 aromatic rings. The second-order valence-corrected chi connectivity index (χ2v) is 9.19. The van der Waals surface area contributed by atoms with Gasteiger partial charge >= 0.3 is 0 Å². The summed E-state index contributed by atoms with van der Waals surface area (Å²) < 4.78 is 10.5. The van der Waals surface area contributed by atoms with Gasteiger partial charge in [-0.1, -0.05) is 5.16 Å². The average Bonchev–Trinajstić information content (AvgIpc) is 2.70. The van der Waals surface area contributed by atoms with E-state index in [4.69, 9.17) is 14.3 Å². The Bertz CT molecular complexity index is 741. The van der Waals surface area contributed by atoms with Crippen molar-refractivity contribution in [2.45, 2.75) is 51.5 Å². The summed E-state index contributed by atoms with van der Waals surface area (Å²) in [7, 11) is 3.18. The Kier molecular flexibility index (Phi) is 5.70. The van der Waals surface area contributed by atoms with Crippen molar-refractivity contribution >= 4 is 12.1 Å². The molecular formula is C23H32N2O4. The van der Waals surface area contributed by atoms with Gasteiger partial charge in [0.15, 0.2) is 18.1 Å². The van der Waals surface area contributed by atoms with Gasteiger partial charge in [0, 0.05) is 11.6 Å². The number of hydrogen-bond acceptors (Lipinski definition) is 5. The van der Waals surface area contributed by atoms with E-state index < -0.39 is 0 Å². The number of rotatable bonds is 8. The van der Waals surface area contributed by atoms with E-state index in [2.05, 4.69) is 17.4 Å². The quantitative estimate of drug-likeness (QED) is 0.533. The van der Waals surface area contributed by atoms with Crippen molar-refractivity contribution in [2.24, 2.45) is 28.3 Å². The van der Waals surface area contributed by atoms with Gasteiger partial charge in [-0.15, -0.1) is 0 Å². The van der Waals surface area contributed by atoms with Crippen LogP contribution in [0, 0.1) is 23.2 Å². The van der Waals surface area contributed by atoms with Crippen molar-refractivity contribution in [2.75, 3.05) is 20.8 Å². The molecule has 1 amide bonds. The zero-order valence-electron chi connectivity index (χ0n) is 17.6. The first kappa shape index (κ1) is 20.0. The van der Waals surface area contributed by atoms with E-state index in [0.717, 1.165) is 23.3 Å². The van der Waals surface area contributed by atoms with Crippen LogP contribution < -0.4 is 14.8 Å². The van der Waals surface area contributed by atoms with E-state index in [-0.39, 0.29) is 18.6 Å². The largest absolute Gasteiger partial charge is 0.493 e. The molecule has 1 atom stereocenters. The van der Waals surface area contributed by atoms with Crippen molar-refractivity contribution in [3.05, 3.63) is 23.8 Å². The summed E-state index contributed by atoms with van der Waals surface area (Å²) in [6, 6.07) is 5.66. The lowest BCUT2D eigenvalue weighted by Gasteiger charge is -2.59. The van der Waals surface area contributed by atoms with Crippen LogP contribution in [0.2, 0.25) is 0 Å². The fourth-order valence-electron chi connectivity index (χ4n) is 6.27. The van der Waals surface area contributed by atoms with Gasteiger partial charge in [0.05, 0.1) is 20.4 Å². The van der Waals surface area contributed by atoms with Gasteiger partial charge in [-0.25, -0.2) is 0 Å². The fourth-order valence-corrected chi connectivity index (χ4v) is 6.27. The van der Waals surface area contributed by atoms with Crippen LogP contribution in [0.25, 0.3) is 0 Å². The number of nitrogens with zero attached hydrogens (tertiary/aromatic N) is 1. The van der Waals surface area contributed by atoms with E-state index in [1.54, 1.807) is 32.6 Å². The number of amides is 1. The highest BCUT2D eigenvalue weighted by Gasteiger charge is 2.53. The first-order valence-corrected chi connectivity index (χ1v) is 10.7. The lowest BCUT2D eigenvalue weighted by Crippen LogP contribution is -2.56. The lowest BCUT2D eigenvalue weighted by atomic mass is 9.48. The van der Waals surface area contributed by atoms with E-state index >= 15 is 0 Å². The Labute approximate surface area is 173 Å². The molecule has 4 saturated carbocycles. The minimum atomic E-state index is -0.0993. The first-order valence-electron chi connectivity index (χ1n) is 10.7. The van der Waals surface area contributed by atoms with Crippen molar-refractivity contribution in [3.63, 3.8) is 0 Å². The zero-order chi connectivity index (χ0) is 20.4. The minimum Gasteiger partial charge on any atom is -0.493 e. The molecule has 4 bridgehead atoms. The van der Waals surface area contributed by atoms with Gasteiger partial charge in [0.25, 0.3) is 5.91 Å². The standard InChI is InChI=1S/C23H32N2O4/c1-15(23-10-17-6-18(11-23)8-19(7-17)12-23)25-22(26)14-29-24-13-16-4-5-20(27-2)21(9-16)28-3/h4-5,9,13,15,17-19H,6-8,10-12,14H2,1-3H3,(H,25,26)/b24-13-/t15-,17?,18?,19?,23?/m1/s1. The van der Waals surface area contributed by atoms with E-state index in [1.807, 2.05) is 6.07 Å². The van der Waals surface area contributed by atoms with Crippen LogP contribution in [0.5, 0.6) is 11.5 Å². The molecule has 0 saturated heterocycles. The monoisotopic (exact) mass is 400 g/mol. The van der Waals surface area contributed by atoms with Gasteiger partial charge in [-0.2, -0.15) is 0 Å². The first-order chi connectivity index (χ1) is 14.0. The Morgan fingerprint density at radius 1 is 1.14 bits per heavy atom. The number of hydrogen-bond donors (Lipinski definition) is 1. The van der Waals surface area contributed by atoms with Gasteiger partial charge in [-0.3, -0.25) is 4.79 Å². The SMILES string of the molecule is COc1ccc(/C=N\OCC(=O)N[C@H](C)C23CC4CC(CC(C4)C2)C3)cc1OC. The molecule has 0 unspecified atom stereocenters. The number of methoxy groups -OCH3 is 2. The number of carbonyl (C=O) groups is 1. The maximum atomic E-state index is 12.4. The van der Waals surface area contributed by atoms with Crippen molar-refractivity contribution < 1.29 is 19.1 Å². The average molecular weight is 401 g/mol. The summed E-state index contributed by atoms with van der Waals surface area (Å²) in [4.78, 5) is 17.6. The van der Waals surface area contributed by atoms with Crippen LogP contribution in [-0.2, 0) is 9.63 Å². The molecule has 6 nitrogen and oxygen atoms in total. The molecule has 0 spiro atoms. The van der Waals surface area contributed by atoms with E-state index in [0.29, 0.717) is 16.9 Å². The normalized spacial score (nSPS) is 30.9. The van der Waals surface area contributed by atoms with Gasteiger partial charge < -0.3 is 19.6 Å². The highest BCUT2D eigenvalue weighted by atomic mass is 16.6. The molecule has 1 N–H and O–H groups in total. The molecule has 6 heteroatoms. The smallest absolute Gasteiger partial charge is 0.261 e. The van der Waals surface area contributed by atoms with Crippen LogP contribution >= 0.6 is 0 Å². The number of benzene rings is 1. The number of nitrogens with one attached hydrogen (secondary N) is 1. The Balaban J connectivity index is 1.27. The van der Waals surface area contributed by atoms with E-state index in [1.165, 1.54) is 38.5 Å². The number of carbonyl (C=O) groups excluding carboxylic acids is 1. The van der Waals surface area contributed by atoms with E-state index in [9.17, 15) is 4.79 Å². The fraction of sp³-hybridized carbons (Fsp3) is 0.652. The van der Waals surface area contributed by atoms with Gasteiger partial charge in [0.1, 0.15) is 0 Å². The van der Waals surface area contributed by atoms with Gasteiger partial charge in [-0.05, 0) is 86.8 Å². The van der Waals surface area contributed by atoms with Gasteiger partial charge in [0.2, 0.25) is 0 Å². The molecule has 4 aliphatic rings. The molecule has 0 aliphatic heterocycles. The molecule has 4 aliphatic carbocycles. The van der Waals surface area contributed by atoms with Crippen LogP contribution in [0.15, 0.2) is 23.4 Å². The Morgan fingerprint density at radius 2 is 1.76 bits per heavy atom. The van der Waals surface area contributed by atoms with Crippen molar-refractivity contribution in [3.8, 4) is 11.5 Å². The molecule has 29 heavy (non-hydrogen) atoms. The zero-order valence-corrected chi connectivity index (χ0v) is 17.6. The number of oxime groups is 1. The Morgan fingerprint density at radius 3 is 2.34 bits per heavy atom. The third-order valence-corrected chi connectivity index (χ3v) is 7.26. The molecule has 0 heterocycles. The summed E-state index contributed by atoms with van der Waals surface area (Å²) in [5, 5.41) is 7.12. The highest BCUT2D eigenvalue weighted by Crippen LogP contribution is 2.61.